The van der Waals surface area contributed by atoms with E-state index in [9.17, 15) is 0 Å². The van der Waals surface area contributed by atoms with Gasteiger partial charge in [-0.2, -0.15) is 5.26 Å². The van der Waals surface area contributed by atoms with Gasteiger partial charge in [0.05, 0.1) is 0 Å². The zero-order valence-electron chi connectivity index (χ0n) is 8.16. The highest BCUT2D eigenvalue weighted by molar-refractivity contribution is 7.10. The fraction of sp³-hybridized carbons (Fsp3) is 0.500. The van der Waals surface area contributed by atoms with Crippen LogP contribution in [0.2, 0.25) is 0 Å². The molecule has 0 fully saturated rings. The van der Waals surface area contributed by atoms with E-state index in [2.05, 4.69) is 26.8 Å². The van der Waals surface area contributed by atoms with Crippen LogP contribution in [0.3, 0.4) is 0 Å². The van der Waals surface area contributed by atoms with E-state index in [0.29, 0.717) is 0 Å². The lowest BCUT2D eigenvalue weighted by atomic mass is 9.84. The van der Waals surface area contributed by atoms with Gasteiger partial charge in [-0.15, -0.1) is 11.3 Å². The van der Waals surface area contributed by atoms with Gasteiger partial charge in [0.25, 0.3) is 0 Å². The smallest absolute Gasteiger partial charge is 0.110 e. The average molecular weight is 194 g/mol. The first kappa shape index (κ1) is 10.2. The minimum Gasteiger partial charge on any atom is -0.323 e. The molecule has 0 aliphatic rings. The molecule has 0 aliphatic heterocycles. The van der Waals surface area contributed by atoms with Gasteiger partial charge in [-0.1, -0.05) is 20.8 Å². The Morgan fingerprint density at radius 1 is 1.54 bits per heavy atom. The van der Waals surface area contributed by atoms with Crippen LogP contribution in [0.4, 0.5) is 0 Å². The van der Waals surface area contributed by atoms with Crippen molar-refractivity contribution < 1.29 is 0 Å². The molecule has 1 aromatic rings. The zero-order valence-corrected chi connectivity index (χ0v) is 8.98. The Labute approximate surface area is 83.0 Å². The number of nitrogens with two attached hydrogens (primary N) is 1. The minimum atomic E-state index is 0.00542. The Morgan fingerprint density at radius 2 is 2.15 bits per heavy atom. The van der Waals surface area contributed by atoms with E-state index in [1.54, 1.807) is 0 Å². The number of nitrogens with zero attached hydrogens (tertiary/aromatic N) is 1. The van der Waals surface area contributed by atoms with E-state index in [1.165, 1.54) is 11.3 Å². The first-order valence-corrected chi connectivity index (χ1v) is 5.07. The predicted octanol–water partition coefficient (Wildman–Crippen LogP) is 2.67. The summed E-state index contributed by atoms with van der Waals surface area (Å²) < 4.78 is 0. The summed E-state index contributed by atoms with van der Waals surface area (Å²) in [6, 6.07) is 4.00. The van der Waals surface area contributed by atoms with Crippen LogP contribution in [0, 0.1) is 16.7 Å². The van der Waals surface area contributed by atoms with Crippen LogP contribution < -0.4 is 5.73 Å². The molecule has 13 heavy (non-hydrogen) atoms. The first-order chi connectivity index (χ1) is 5.95. The van der Waals surface area contributed by atoms with Crippen LogP contribution in [0.5, 0.6) is 0 Å². The van der Waals surface area contributed by atoms with Crippen LogP contribution in [0.15, 0.2) is 11.4 Å². The minimum absolute atomic E-state index is 0.00542. The molecule has 0 amide bonds. The fourth-order valence-electron chi connectivity index (χ4n) is 1.07. The van der Waals surface area contributed by atoms with Crippen LogP contribution in [0.25, 0.3) is 0 Å². The molecule has 2 N–H and O–H groups in total. The van der Waals surface area contributed by atoms with E-state index in [1.807, 2.05) is 11.4 Å². The van der Waals surface area contributed by atoms with Crippen molar-refractivity contribution in [3.8, 4) is 6.07 Å². The Bertz CT molecular complexity index is 327. The molecule has 1 heterocycles. The molecule has 0 spiro atoms. The summed E-state index contributed by atoms with van der Waals surface area (Å²) in [7, 11) is 0. The molecular weight excluding hydrogens is 180 g/mol. The summed E-state index contributed by atoms with van der Waals surface area (Å²) in [4.78, 5) is 0.731. The Hall–Kier alpha value is -0.850. The Morgan fingerprint density at radius 3 is 2.54 bits per heavy atom. The van der Waals surface area contributed by atoms with Gasteiger partial charge in [-0.05, 0) is 22.4 Å². The number of nitriles is 1. The third-order valence-corrected chi connectivity index (χ3v) is 2.88. The summed E-state index contributed by atoms with van der Waals surface area (Å²) in [6.45, 7) is 6.30. The van der Waals surface area contributed by atoms with Crippen molar-refractivity contribution in [2.24, 2.45) is 11.1 Å². The molecule has 3 heteroatoms. The third-order valence-electron chi connectivity index (χ3n) is 2.02. The van der Waals surface area contributed by atoms with Gasteiger partial charge in [0.15, 0.2) is 0 Å². The topological polar surface area (TPSA) is 49.8 Å². The highest BCUT2D eigenvalue weighted by Crippen LogP contribution is 2.32. The molecule has 1 rings (SSSR count). The number of hydrogen-bond acceptors (Lipinski definition) is 3. The Kier molecular flexibility index (Phi) is 2.74. The van der Waals surface area contributed by atoms with Crippen molar-refractivity contribution in [1.29, 1.82) is 5.26 Å². The average Bonchev–Trinajstić information content (AvgIpc) is 2.48. The lowest BCUT2D eigenvalue weighted by Crippen LogP contribution is -2.25. The van der Waals surface area contributed by atoms with E-state index < -0.39 is 0 Å². The van der Waals surface area contributed by atoms with Gasteiger partial charge >= 0.3 is 0 Å². The van der Waals surface area contributed by atoms with Crippen LogP contribution in [-0.2, 0) is 0 Å². The monoisotopic (exact) mass is 194 g/mol. The molecule has 1 atom stereocenters. The van der Waals surface area contributed by atoms with Crippen molar-refractivity contribution in [3.05, 3.63) is 21.9 Å². The standard InChI is InChI=1S/C10H14N2S/c1-10(2,3)9(12)7-4-8(5-11)13-6-7/h4,6,9H,12H2,1-3H3/t9-/m1/s1. The maximum Gasteiger partial charge on any atom is 0.110 e. The molecule has 0 aliphatic carbocycles. The quantitative estimate of drug-likeness (QED) is 0.747. The largest absolute Gasteiger partial charge is 0.323 e. The molecule has 70 valence electrons. The van der Waals surface area contributed by atoms with Crippen LogP contribution >= 0.6 is 11.3 Å². The van der Waals surface area contributed by atoms with E-state index >= 15 is 0 Å². The van der Waals surface area contributed by atoms with Crippen molar-refractivity contribution in [2.75, 3.05) is 0 Å². The highest BCUT2D eigenvalue weighted by Gasteiger charge is 2.22. The van der Waals surface area contributed by atoms with E-state index in [4.69, 9.17) is 11.0 Å². The van der Waals surface area contributed by atoms with Crippen LogP contribution in [-0.4, -0.2) is 0 Å². The van der Waals surface area contributed by atoms with E-state index in [-0.39, 0.29) is 11.5 Å². The summed E-state index contributed by atoms with van der Waals surface area (Å²) in [5.74, 6) is 0. The normalized spacial score (nSPS) is 13.8. The number of hydrogen-bond donors (Lipinski definition) is 1. The van der Waals surface area contributed by atoms with Gasteiger partial charge in [0.2, 0.25) is 0 Å². The molecule has 0 aromatic carbocycles. The second-order valence-corrected chi connectivity index (χ2v) is 5.11. The first-order valence-electron chi connectivity index (χ1n) is 4.19. The SMILES string of the molecule is CC(C)(C)[C@H](N)c1csc(C#N)c1. The van der Waals surface area contributed by atoms with Crippen LogP contribution in [0.1, 0.15) is 37.3 Å². The predicted molar refractivity (Wildman–Crippen MR) is 55.4 cm³/mol. The molecule has 1 aromatic heterocycles. The molecule has 0 unspecified atom stereocenters. The number of rotatable bonds is 1. The molecule has 0 radical (unpaired) electrons. The molecule has 0 bridgehead atoms. The lowest BCUT2D eigenvalue weighted by Gasteiger charge is -2.26. The zero-order chi connectivity index (χ0) is 10.1. The van der Waals surface area contributed by atoms with Crippen molar-refractivity contribution >= 4 is 11.3 Å². The summed E-state index contributed by atoms with van der Waals surface area (Å²) in [5.41, 5.74) is 7.15. The third kappa shape index (κ3) is 2.30. The van der Waals surface area contributed by atoms with E-state index in [0.717, 1.165) is 10.4 Å². The van der Waals surface area contributed by atoms with Gasteiger partial charge in [0, 0.05) is 6.04 Å². The lowest BCUT2D eigenvalue weighted by molar-refractivity contribution is 0.327. The van der Waals surface area contributed by atoms with Crippen molar-refractivity contribution in [2.45, 2.75) is 26.8 Å². The van der Waals surface area contributed by atoms with Gasteiger partial charge in [-0.25, -0.2) is 0 Å². The van der Waals surface area contributed by atoms with Crippen molar-refractivity contribution in [1.82, 2.24) is 0 Å². The second-order valence-electron chi connectivity index (χ2n) is 4.20. The maximum atomic E-state index is 8.66. The summed E-state index contributed by atoms with van der Waals surface area (Å²) in [6.07, 6.45) is 0. The fourth-order valence-corrected chi connectivity index (χ4v) is 1.81. The summed E-state index contributed by atoms with van der Waals surface area (Å²) >= 11 is 1.45. The molecular formula is C10H14N2S. The van der Waals surface area contributed by atoms with Gasteiger partial charge < -0.3 is 5.73 Å². The highest BCUT2D eigenvalue weighted by atomic mass is 32.1. The Balaban J connectivity index is 2.91. The van der Waals surface area contributed by atoms with Crippen molar-refractivity contribution in [3.63, 3.8) is 0 Å². The number of thiophene rings is 1. The molecule has 2 nitrogen and oxygen atoms in total. The second kappa shape index (κ2) is 3.49. The molecule has 0 saturated carbocycles. The maximum absolute atomic E-state index is 8.66. The summed E-state index contributed by atoms with van der Waals surface area (Å²) in [5, 5.41) is 10.6. The van der Waals surface area contributed by atoms with Gasteiger partial charge in [-0.3, -0.25) is 0 Å². The molecule has 0 saturated heterocycles. The van der Waals surface area contributed by atoms with Gasteiger partial charge in [0.1, 0.15) is 10.9 Å².